The number of carbonyl (C=O) groups is 1. The molecule has 6 heteroatoms. The molecule has 1 atom stereocenters. The fourth-order valence-electron chi connectivity index (χ4n) is 3.12. The van der Waals surface area contributed by atoms with Crippen LogP contribution in [-0.4, -0.2) is 52.3 Å². The molecule has 1 aliphatic rings. The van der Waals surface area contributed by atoms with Crippen LogP contribution in [0.2, 0.25) is 0 Å². The minimum atomic E-state index is -0.143. The minimum absolute atomic E-state index is 0.00838. The number of nitrogens with one attached hydrogen (secondary N) is 1. The average molecular weight is 322 g/mol. The molecule has 1 aromatic rings. The molecule has 23 heavy (non-hydrogen) atoms. The van der Waals surface area contributed by atoms with Gasteiger partial charge in [-0.1, -0.05) is 6.92 Å². The van der Waals surface area contributed by atoms with Gasteiger partial charge < -0.3 is 19.5 Å². The number of aromatic nitrogens is 2. The molecule has 6 nitrogen and oxygen atoms in total. The van der Waals surface area contributed by atoms with Crippen LogP contribution in [0.4, 0.5) is 4.79 Å². The maximum Gasteiger partial charge on any atom is 0.317 e. The standard InChI is InChI=1S/C17H30N4O2/c1-5-15-18-9-11-21(15)10-6-8-19-16(22)20(4)14-7-12-23-17(2,3)13-14/h9,11,14H,5-8,10,12-13H2,1-4H3,(H,19,22)/t14-/m1/s1. The van der Waals surface area contributed by atoms with Crippen LogP contribution in [0.15, 0.2) is 12.4 Å². The molecular formula is C17H30N4O2. The van der Waals surface area contributed by atoms with Gasteiger partial charge in [0.1, 0.15) is 5.82 Å². The summed E-state index contributed by atoms with van der Waals surface area (Å²) in [4.78, 5) is 18.4. The summed E-state index contributed by atoms with van der Waals surface area (Å²) in [5, 5.41) is 3.02. The number of ether oxygens (including phenoxy) is 1. The summed E-state index contributed by atoms with van der Waals surface area (Å²) >= 11 is 0. The van der Waals surface area contributed by atoms with E-state index in [9.17, 15) is 4.79 Å². The van der Waals surface area contributed by atoms with Gasteiger partial charge in [-0.05, 0) is 33.1 Å². The number of urea groups is 1. The third-order valence-electron chi connectivity index (χ3n) is 4.51. The Kier molecular flexibility index (Phi) is 6.04. The van der Waals surface area contributed by atoms with Crippen LogP contribution in [0, 0.1) is 0 Å². The lowest BCUT2D eigenvalue weighted by Gasteiger charge is -2.39. The number of carbonyl (C=O) groups excluding carboxylic acids is 1. The molecule has 0 spiro atoms. The lowest BCUT2D eigenvalue weighted by molar-refractivity contribution is -0.0744. The van der Waals surface area contributed by atoms with Crippen molar-refractivity contribution < 1.29 is 9.53 Å². The first kappa shape index (κ1) is 17.8. The summed E-state index contributed by atoms with van der Waals surface area (Å²) in [6.07, 6.45) is 7.45. The predicted molar refractivity (Wildman–Crippen MR) is 90.4 cm³/mol. The molecule has 0 aliphatic carbocycles. The van der Waals surface area contributed by atoms with Gasteiger partial charge in [-0.3, -0.25) is 0 Å². The van der Waals surface area contributed by atoms with Gasteiger partial charge in [-0.2, -0.15) is 0 Å². The van der Waals surface area contributed by atoms with Gasteiger partial charge in [0.2, 0.25) is 0 Å². The van der Waals surface area contributed by atoms with Crippen LogP contribution < -0.4 is 5.32 Å². The second-order valence-electron chi connectivity index (χ2n) is 6.84. The van der Waals surface area contributed by atoms with E-state index in [2.05, 4.69) is 35.6 Å². The van der Waals surface area contributed by atoms with Crippen LogP contribution in [-0.2, 0) is 17.7 Å². The predicted octanol–water partition coefficient (Wildman–Crippen LogP) is 2.43. The smallest absolute Gasteiger partial charge is 0.317 e. The van der Waals surface area contributed by atoms with Crippen molar-refractivity contribution >= 4 is 6.03 Å². The molecule has 1 saturated heterocycles. The fourth-order valence-corrected chi connectivity index (χ4v) is 3.12. The molecule has 2 heterocycles. The molecule has 2 rings (SSSR count). The van der Waals surface area contributed by atoms with Crippen molar-refractivity contribution in [2.24, 2.45) is 0 Å². The van der Waals surface area contributed by atoms with E-state index in [1.807, 2.05) is 24.3 Å². The maximum absolute atomic E-state index is 12.3. The molecule has 1 N–H and O–H groups in total. The molecule has 0 unspecified atom stereocenters. The first-order chi connectivity index (χ1) is 10.9. The van der Waals surface area contributed by atoms with Crippen LogP contribution in [0.5, 0.6) is 0 Å². The van der Waals surface area contributed by atoms with Gasteiger partial charge in [0.15, 0.2) is 0 Å². The number of imidazole rings is 1. The Hall–Kier alpha value is -1.56. The van der Waals surface area contributed by atoms with Crippen LogP contribution in [0.1, 0.15) is 45.9 Å². The van der Waals surface area contributed by atoms with Crippen molar-refractivity contribution in [1.29, 1.82) is 0 Å². The van der Waals surface area contributed by atoms with Gasteiger partial charge in [0, 0.05) is 51.6 Å². The Morgan fingerprint density at radius 1 is 1.57 bits per heavy atom. The molecule has 1 aromatic heterocycles. The first-order valence-electron chi connectivity index (χ1n) is 8.57. The number of nitrogens with zero attached hydrogens (tertiary/aromatic N) is 3. The van der Waals surface area contributed by atoms with Crippen molar-refractivity contribution in [3.8, 4) is 0 Å². The van der Waals surface area contributed by atoms with Crippen LogP contribution in [0.25, 0.3) is 0 Å². The van der Waals surface area contributed by atoms with E-state index in [-0.39, 0.29) is 17.7 Å². The summed E-state index contributed by atoms with van der Waals surface area (Å²) < 4.78 is 7.87. The topological polar surface area (TPSA) is 59.4 Å². The number of hydrogen-bond donors (Lipinski definition) is 1. The highest BCUT2D eigenvalue weighted by molar-refractivity contribution is 5.74. The number of rotatable bonds is 6. The molecule has 0 radical (unpaired) electrons. The maximum atomic E-state index is 12.3. The lowest BCUT2D eigenvalue weighted by atomic mass is 9.93. The van der Waals surface area contributed by atoms with Gasteiger partial charge in [-0.15, -0.1) is 0 Å². The number of amides is 2. The van der Waals surface area contributed by atoms with Gasteiger partial charge in [-0.25, -0.2) is 9.78 Å². The summed E-state index contributed by atoms with van der Waals surface area (Å²) in [6.45, 7) is 8.55. The molecule has 0 bridgehead atoms. The zero-order chi connectivity index (χ0) is 16.9. The first-order valence-corrected chi connectivity index (χ1v) is 8.57. The molecule has 0 aromatic carbocycles. The summed E-state index contributed by atoms with van der Waals surface area (Å²) in [5.41, 5.74) is -0.143. The zero-order valence-electron chi connectivity index (χ0n) is 14.8. The van der Waals surface area contributed by atoms with Gasteiger partial charge in [0.25, 0.3) is 0 Å². The monoisotopic (exact) mass is 322 g/mol. The zero-order valence-corrected chi connectivity index (χ0v) is 14.8. The largest absolute Gasteiger partial charge is 0.375 e. The molecular weight excluding hydrogens is 292 g/mol. The van der Waals surface area contributed by atoms with E-state index in [1.165, 1.54) is 0 Å². The highest BCUT2D eigenvalue weighted by atomic mass is 16.5. The van der Waals surface area contributed by atoms with Crippen molar-refractivity contribution in [1.82, 2.24) is 19.8 Å². The van der Waals surface area contributed by atoms with Gasteiger partial charge in [0.05, 0.1) is 5.60 Å². The lowest BCUT2D eigenvalue weighted by Crippen LogP contribution is -2.50. The highest BCUT2D eigenvalue weighted by Gasteiger charge is 2.32. The average Bonchev–Trinajstić information content (AvgIpc) is 2.97. The van der Waals surface area contributed by atoms with Gasteiger partial charge >= 0.3 is 6.03 Å². The van der Waals surface area contributed by atoms with Crippen molar-refractivity contribution in [3.63, 3.8) is 0 Å². The Labute approximate surface area is 139 Å². The van der Waals surface area contributed by atoms with E-state index in [0.717, 1.165) is 44.7 Å². The van der Waals surface area contributed by atoms with E-state index in [0.29, 0.717) is 6.54 Å². The molecule has 1 fully saturated rings. The quantitative estimate of drug-likeness (QED) is 0.818. The van der Waals surface area contributed by atoms with E-state index < -0.39 is 0 Å². The molecule has 130 valence electrons. The Morgan fingerprint density at radius 3 is 3.04 bits per heavy atom. The Bertz CT molecular complexity index is 512. The van der Waals surface area contributed by atoms with Crippen LogP contribution >= 0.6 is 0 Å². The molecule has 0 saturated carbocycles. The fraction of sp³-hybridized carbons (Fsp3) is 0.765. The Balaban J connectivity index is 1.72. The second kappa shape index (κ2) is 7.81. The van der Waals surface area contributed by atoms with E-state index >= 15 is 0 Å². The summed E-state index contributed by atoms with van der Waals surface area (Å²) in [6, 6.07) is 0.258. The highest BCUT2D eigenvalue weighted by Crippen LogP contribution is 2.26. The third kappa shape index (κ3) is 4.96. The van der Waals surface area contributed by atoms with Crippen molar-refractivity contribution in [3.05, 3.63) is 18.2 Å². The van der Waals surface area contributed by atoms with Crippen molar-refractivity contribution in [2.75, 3.05) is 20.2 Å². The number of aryl methyl sites for hydroxylation is 2. The second-order valence-corrected chi connectivity index (χ2v) is 6.84. The van der Waals surface area contributed by atoms with Crippen molar-refractivity contribution in [2.45, 2.75) is 64.6 Å². The van der Waals surface area contributed by atoms with E-state index in [1.54, 1.807) is 0 Å². The van der Waals surface area contributed by atoms with E-state index in [4.69, 9.17) is 4.74 Å². The normalized spacial score (nSPS) is 20.3. The third-order valence-corrected chi connectivity index (χ3v) is 4.51. The van der Waals surface area contributed by atoms with Crippen LogP contribution in [0.3, 0.4) is 0 Å². The molecule has 2 amide bonds. The summed E-state index contributed by atoms with van der Waals surface area (Å²) in [7, 11) is 1.88. The number of hydrogen-bond acceptors (Lipinski definition) is 3. The Morgan fingerprint density at radius 2 is 2.35 bits per heavy atom. The minimum Gasteiger partial charge on any atom is -0.375 e. The SMILES string of the molecule is CCc1nccn1CCCNC(=O)N(C)[C@@H]1CCOC(C)(C)C1. The molecule has 1 aliphatic heterocycles. The summed E-state index contributed by atoms with van der Waals surface area (Å²) in [5.74, 6) is 1.10.